The molecule has 1 aromatic carbocycles. The molecule has 1 aromatic heterocycles. The van der Waals surface area contributed by atoms with Crippen molar-refractivity contribution in [3.8, 4) is 0 Å². The number of rotatable bonds is 5. The quantitative estimate of drug-likeness (QED) is 0.721. The predicted molar refractivity (Wildman–Crippen MR) is 103 cm³/mol. The molecule has 0 radical (unpaired) electrons. The summed E-state index contributed by atoms with van der Waals surface area (Å²) in [6, 6.07) is 5.70. The number of nitrogens with zero attached hydrogens (tertiary/aromatic N) is 5. The molecule has 3 rings (SSSR count). The van der Waals surface area contributed by atoms with E-state index in [2.05, 4.69) is 5.10 Å². The lowest BCUT2D eigenvalue weighted by atomic mass is 10.2. The zero-order valence-electron chi connectivity index (χ0n) is 16.4. The molecule has 8 nitrogen and oxygen atoms in total. The van der Waals surface area contributed by atoms with E-state index in [1.165, 1.54) is 16.7 Å². The number of carbonyl (C=O) groups is 1. The Morgan fingerprint density at radius 3 is 2.25 bits per heavy atom. The van der Waals surface area contributed by atoms with Crippen LogP contribution < -0.4 is 16.0 Å². The van der Waals surface area contributed by atoms with Crippen LogP contribution in [-0.4, -0.2) is 43.8 Å². The minimum atomic E-state index is -0.828. The molecule has 0 spiro atoms. The first-order valence-electron chi connectivity index (χ1n) is 9.27. The highest BCUT2D eigenvalue weighted by Gasteiger charge is 2.28. The molecule has 1 amide bonds. The minimum Gasteiger partial charge on any atom is -0.336 e. The van der Waals surface area contributed by atoms with Crippen molar-refractivity contribution < 1.29 is 9.18 Å². The highest BCUT2D eigenvalue weighted by Crippen LogP contribution is 2.26. The fraction of sp³-hybridized carbons (Fsp3) is 0.474. The van der Waals surface area contributed by atoms with E-state index in [-0.39, 0.29) is 36.3 Å². The lowest BCUT2D eigenvalue weighted by Gasteiger charge is -2.30. The first-order chi connectivity index (χ1) is 13.2. The first kappa shape index (κ1) is 19.8. The van der Waals surface area contributed by atoms with Crippen LogP contribution in [0.1, 0.15) is 27.7 Å². The Morgan fingerprint density at radius 2 is 1.68 bits per heavy atom. The largest absolute Gasteiger partial charge is 0.336 e. The lowest BCUT2D eigenvalue weighted by Crippen LogP contribution is -2.48. The van der Waals surface area contributed by atoms with Crippen molar-refractivity contribution in [3.63, 3.8) is 0 Å². The maximum absolute atomic E-state index is 13.2. The van der Waals surface area contributed by atoms with E-state index in [0.717, 1.165) is 4.68 Å². The molecule has 0 N–H and O–H groups in total. The molecule has 0 aliphatic carbocycles. The van der Waals surface area contributed by atoms with Crippen molar-refractivity contribution in [2.75, 3.05) is 11.4 Å². The van der Waals surface area contributed by atoms with Crippen LogP contribution in [0.2, 0.25) is 0 Å². The molecule has 1 aliphatic heterocycles. The van der Waals surface area contributed by atoms with Crippen LogP contribution in [0.3, 0.4) is 0 Å². The fourth-order valence-electron chi connectivity index (χ4n) is 3.58. The van der Waals surface area contributed by atoms with Crippen molar-refractivity contribution >= 4 is 17.5 Å². The molecule has 2 aromatic rings. The Kier molecular flexibility index (Phi) is 5.35. The highest BCUT2D eigenvalue weighted by molar-refractivity contribution is 5.76. The molecule has 0 unspecified atom stereocenters. The summed E-state index contributed by atoms with van der Waals surface area (Å²) < 4.78 is 15.4. The number of carbonyl (C=O) groups excluding carboxylic acids is 1. The van der Waals surface area contributed by atoms with Gasteiger partial charge in [-0.15, -0.1) is 5.10 Å². The van der Waals surface area contributed by atoms with Gasteiger partial charge in [-0.3, -0.25) is 19.0 Å². The maximum atomic E-state index is 13.2. The van der Waals surface area contributed by atoms with E-state index in [1.54, 1.807) is 21.9 Å². The smallest absolute Gasteiger partial charge is 0.333 e. The second-order valence-corrected chi connectivity index (χ2v) is 7.34. The Balaban J connectivity index is 1.99. The standard InChI is InChI=1S/C19H24FN5O3/c1-12(2)25(13(3)4)16(26)11-24-18(28)17(27)23-10-9-22(19(23)21-24)15-7-5-14(20)6-8-15/h5-8,12-13H,9-11H2,1-4H3. The SMILES string of the molecule is CC(C)N(C(=O)Cn1nc2n(c(=O)c1=O)CCN2c1ccc(F)cc1)C(C)C. The molecule has 28 heavy (non-hydrogen) atoms. The highest BCUT2D eigenvalue weighted by atomic mass is 19.1. The van der Waals surface area contributed by atoms with Gasteiger partial charge in [-0.25, -0.2) is 9.07 Å². The number of anilines is 2. The third-order valence-electron chi connectivity index (χ3n) is 4.73. The molecular weight excluding hydrogens is 365 g/mol. The lowest BCUT2D eigenvalue weighted by molar-refractivity contribution is -0.135. The van der Waals surface area contributed by atoms with Crippen molar-refractivity contribution in [3.05, 3.63) is 50.8 Å². The Labute approximate surface area is 161 Å². The van der Waals surface area contributed by atoms with Gasteiger partial charge in [0.05, 0.1) is 0 Å². The molecular formula is C19H24FN5O3. The average molecular weight is 389 g/mol. The van der Waals surface area contributed by atoms with Gasteiger partial charge in [-0.05, 0) is 52.0 Å². The van der Waals surface area contributed by atoms with E-state index < -0.39 is 11.1 Å². The average Bonchev–Trinajstić information content (AvgIpc) is 3.03. The van der Waals surface area contributed by atoms with Crippen LogP contribution >= 0.6 is 0 Å². The molecule has 0 saturated carbocycles. The van der Waals surface area contributed by atoms with Gasteiger partial charge in [0.1, 0.15) is 12.4 Å². The minimum absolute atomic E-state index is 0.0468. The van der Waals surface area contributed by atoms with Crippen LogP contribution in [0.15, 0.2) is 33.9 Å². The Bertz CT molecular complexity index is 986. The van der Waals surface area contributed by atoms with Crippen LogP contribution in [0, 0.1) is 5.82 Å². The molecule has 150 valence electrons. The van der Waals surface area contributed by atoms with E-state index in [0.29, 0.717) is 18.8 Å². The number of halogens is 1. The summed E-state index contributed by atoms with van der Waals surface area (Å²) in [4.78, 5) is 41.0. The van der Waals surface area contributed by atoms with Crippen molar-refractivity contribution in [1.29, 1.82) is 0 Å². The van der Waals surface area contributed by atoms with Crippen molar-refractivity contribution in [1.82, 2.24) is 19.2 Å². The summed E-state index contributed by atoms with van der Waals surface area (Å²) in [5.41, 5.74) is -0.893. The molecule has 0 fully saturated rings. The van der Waals surface area contributed by atoms with Crippen LogP contribution in [0.4, 0.5) is 16.0 Å². The van der Waals surface area contributed by atoms with Crippen LogP contribution in [0.5, 0.6) is 0 Å². The predicted octanol–water partition coefficient (Wildman–Crippen LogP) is 1.34. The number of benzene rings is 1. The van der Waals surface area contributed by atoms with E-state index >= 15 is 0 Å². The van der Waals surface area contributed by atoms with Gasteiger partial charge in [-0.1, -0.05) is 0 Å². The van der Waals surface area contributed by atoms with Gasteiger partial charge in [0.2, 0.25) is 11.9 Å². The Morgan fingerprint density at radius 1 is 1.07 bits per heavy atom. The fourth-order valence-corrected chi connectivity index (χ4v) is 3.58. The summed E-state index contributed by atoms with van der Waals surface area (Å²) in [6.07, 6.45) is 0. The van der Waals surface area contributed by atoms with Gasteiger partial charge < -0.3 is 9.80 Å². The molecule has 2 heterocycles. The normalized spacial score (nSPS) is 13.3. The summed E-state index contributed by atoms with van der Waals surface area (Å²) >= 11 is 0. The monoisotopic (exact) mass is 389 g/mol. The number of fused-ring (bicyclic) bond motifs is 1. The molecule has 9 heteroatoms. The molecule has 0 bridgehead atoms. The molecule has 1 aliphatic rings. The summed E-state index contributed by atoms with van der Waals surface area (Å²) in [7, 11) is 0. The zero-order chi connectivity index (χ0) is 20.6. The maximum Gasteiger partial charge on any atom is 0.333 e. The van der Waals surface area contributed by atoms with Gasteiger partial charge in [0.25, 0.3) is 0 Å². The Hall–Kier alpha value is -2.97. The summed E-state index contributed by atoms with van der Waals surface area (Å²) in [5, 5.41) is 4.29. The number of amides is 1. The number of hydrogen-bond donors (Lipinski definition) is 0. The zero-order valence-corrected chi connectivity index (χ0v) is 16.4. The van der Waals surface area contributed by atoms with Crippen LogP contribution in [-0.2, 0) is 17.9 Å². The van der Waals surface area contributed by atoms with E-state index in [9.17, 15) is 18.8 Å². The first-order valence-corrected chi connectivity index (χ1v) is 9.27. The van der Waals surface area contributed by atoms with Crippen LogP contribution in [0.25, 0.3) is 0 Å². The summed E-state index contributed by atoms with van der Waals surface area (Å²) in [5.74, 6) is -0.383. The van der Waals surface area contributed by atoms with Crippen molar-refractivity contribution in [2.24, 2.45) is 0 Å². The second kappa shape index (κ2) is 7.57. The van der Waals surface area contributed by atoms with Crippen molar-refractivity contribution in [2.45, 2.75) is 52.9 Å². The van der Waals surface area contributed by atoms with Gasteiger partial charge in [0.15, 0.2) is 0 Å². The molecule has 0 atom stereocenters. The topological polar surface area (TPSA) is 80.4 Å². The molecule has 0 saturated heterocycles. The summed E-state index contributed by atoms with van der Waals surface area (Å²) in [6.45, 7) is 7.98. The second-order valence-electron chi connectivity index (χ2n) is 7.34. The van der Waals surface area contributed by atoms with E-state index in [4.69, 9.17) is 0 Å². The van der Waals surface area contributed by atoms with Gasteiger partial charge >= 0.3 is 11.1 Å². The third-order valence-corrected chi connectivity index (χ3v) is 4.73. The third kappa shape index (κ3) is 3.56. The van der Waals surface area contributed by atoms with Gasteiger partial charge in [-0.2, -0.15) is 0 Å². The van der Waals surface area contributed by atoms with Gasteiger partial charge in [0, 0.05) is 30.9 Å². The van der Waals surface area contributed by atoms with E-state index in [1.807, 2.05) is 27.7 Å². The number of aromatic nitrogens is 3. The number of hydrogen-bond acceptors (Lipinski definition) is 5.